The summed E-state index contributed by atoms with van der Waals surface area (Å²) < 4.78 is 11.1. The average Bonchev–Trinajstić information content (AvgIpc) is 2.67. The van der Waals surface area contributed by atoms with Gasteiger partial charge in [0.05, 0.1) is 24.8 Å². The predicted octanol–water partition coefficient (Wildman–Crippen LogP) is 3.27. The van der Waals surface area contributed by atoms with Gasteiger partial charge in [0, 0.05) is 6.54 Å². The number of morpholine rings is 1. The Morgan fingerprint density at radius 1 is 1.25 bits per heavy atom. The summed E-state index contributed by atoms with van der Waals surface area (Å²) in [6, 6.07) is 19.0. The molecule has 122 valence electrons. The molecule has 2 aromatic rings. The molecule has 24 heavy (non-hydrogen) atoms. The van der Waals surface area contributed by atoms with Crippen LogP contribution in [0.25, 0.3) is 0 Å². The van der Waals surface area contributed by atoms with E-state index in [2.05, 4.69) is 6.07 Å². The number of nitrogens with zero attached hydrogens (tertiary/aromatic N) is 2. The Kier molecular flexibility index (Phi) is 5.09. The lowest BCUT2D eigenvalue weighted by Gasteiger charge is -2.32. The molecule has 0 radical (unpaired) electrons. The van der Waals surface area contributed by atoms with Gasteiger partial charge >= 0.3 is 6.09 Å². The highest BCUT2D eigenvalue weighted by Gasteiger charge is 2.26. The average molecular weight is 322 g/mol. The van der Waals surface area contributed by atoms with Gasteiger partial charge in [-0.15, -0.1) is 0 Å². The molecule has 1 unspecified atom stereocenters. The lowest BCUT2D eigenvalue weighted by Crippen LogP contribution is -2.42. The number of benzene rings is 2. The molecule has 0 saturated carbocycles. The van der Waals surface area contributed by atoms with Crippen LogP contribution in [-0.4, -0.2) is 30.7 Å². The van der Waals surface area contributed by atoms with Crippen molar-refractivity contribution in [3.05, 3.63) is 71.3 Å². The highest BCUT2D eigenvalue weighted by Crippen LogP contribution is 2.23. The van der Waals surface area contributed by atoms with Gasteiger partial charge in [-0.1, -0.05) is 42.5 Å². The van der Waals surface area contributed by atoms with Gasteiger partial charge in [0.25, 0.3) is 0 Å². The highest BCUT2D eigenvalue weighted by molar-refractivity contribution is 5.67. The van der Waals surface area contributed by atoms with Crippen molar-refractivity contribution in [2.45, 2.75) is 12.7 Å². The van der Waals surface area contributed by atoms with E-state index in [1.165, 1.54) is 0 Å². The van der Waals surface area contributed by atoms with Crippen LogP contribution in [0.5, 0.6) is 0 Å². The highest BCUT2D eigenvalue weighted by atomic mass is 16.6. The summed E-state index contributed by atoms with van der Waals surface area (Å²) in [5.41, 5.74) is 2.44. The first kappa shape index (κ1) is 16.0. The molecule has 1 heterocycles. The van der Waals surface area contributed by atoms with Crippen molar-refractivity contribution in [3.63, 3.8) is 0 Å². The minimum atomic E-state index is -0.344. The summed E-state index contributed by atoms with van der Waals surface area (Å²) in [5, 5.41) is 9.00. The van der Waals surface area contributed by atoms with Crippen molar-refractivity contribution in [3.8, 4) is 6.07 Å². The molecule has 1 aliphatic rings. The third-order valence-corrected chi connectivity index (χ3v) is 3.92. The Bertz CT molecular complexity index is 740. The summed E-state index contributed by atoms with van der Waals surface area (Å²) in [4.78, 5) is 13.9. The topological polar surface area (TPSA) is 62.6 Å². The minimum absolute atomic E-state index is 0.240. The molecule has 0 bridgehead atoms. The molecule has 1 aliphatic heterocycles. The normalized spacial score (nSPS) is 17.1. The second kappa shape index (κ2) is 7.62. The second-order valence-electron chi connectivity index (χ2n) is 5.58. The van der Waals surface area contributed by atoms with E-state index in [1.54, 1.807) is 17.0 Å². The fourth-order valence-electron chi connectivity index (χ4n) is 2.64. The van der Waals surface area contributed by atoms with Gasteiger partial charge in [0.2, 0.25) is 0 Å². The number of carbonyl (C=O) groups excluding carboxylic acids is 1. The largest absolute Gasteiger partial charge is 0.445 e. The predicted molar refractivity (Wildman–Crippen MR) is 88.1 cm³/mol. The van der Waals surface area contributed by atoms with Crippen LogP contribution >= 0.6 is 0 Å². The van der Waals surface area contributed by atoms with Crippen LogP contribution in [0.4, 0.5) is 4.79 Å². The fourth-order valence-corrected chi connectivity index (χ4v) is 2.64. The van der Waals surface area contributed by atoms with Crippen LogP contribution in [0.3, 0.4) is 0 Å². The second-order valence-corrected chi connectivity index (χ2v) is 5.58. The van der Waals surface area contributed by atoms with Gasteiger partial charge in [-0.2, -0.15) is 5.26 Å². The SMILES string of the molecule is N#Cc1cccc(C2CN(C(=O)OCc3ccccc3)CCO2)c1. The minimum Gasteiger partial charge on any atom is -0.445 e. The summed E-state index contributed by atoms with van der Waals surface area (Å²) in [7, 11) is 0. The molecular weight excluding hydrogens is 304 g/mol. The van der Waals surface area contributed by atoms with Crippen LogP contribution in [0.2, 0.25) is 0 Å². The molecule has 0 aromatic heterocycles. The zero-order chi connectivity index (χ0) is 16.8. The first-order chi connectivity index (χ1) is 11.8. The summed E-state index contributed by atoms with van der Waals surface area (Å²) in [6.45, 7) is 1.62. The zero-order valence-corrected chi connectivity index (χ0v) is 13.2. The quantitative estimate of drug-likeness (QED) is 0.870. The van der Waals surface area contributed by atoms with Gasteiger partial charge in [-0.05, 0) is 23.3 Å². The van der Waals surface area contributed by atoms with Gasteiger partial charge in [-0.3, -0.25) is 0 Å². The fraction of sp³-hybridized carbons (Fsp3) is 0.263. The van der Waals surface area contributed by atoms with Crippen molar-refractivity contribution in [1.82, 2.24) is 4.90 Å². The first-order valence-corrected chi connectivity index (χ1v) is 7.83. The van der Waals surface area contributed by atoms with Crippen molar-refractivity contribution in [2.24, 2.45) is 0 Å². The smallest absolute Gasteiger partial charge is 0.410 e. The van der Waals surface area contributed by atoms with Gasteiger partial charge in [0.15, 0.2) is 0 Å². The van der Waals surface area contributed by atoms with Crippen LogP contribution in [0.1, 0.15) is 22.8 Å². The number of hydrogen-bond donors (Lipinski definition) is 0. The number of amides is 1. The lowest BCUT2D eigenvalue weighted by molar-refractivity contribution is -0.0296. The number of ether oxygens (including phenoxy) is 2. The Hall–Kier alpha value is -2.84. The number of rotatable bonds is 3. The maximum atomic E-state index is 12.3. The van der Waals surface area contributed by atoms with Crippen LogP contribution in [0, 0.1) is 11.3 Å². The maximum absolute atomic E-state index is 12.3. The van der Waals surface area contributed by atoms with Crippen molar-refractivity contribution in [2.75, 3.05) is 19.7 Å². The van der Waals surface area contributed by atoms with E-state index >= 15 is 0 Å². The Labute approximate surface area is 141 Å². The molecule has 0 aliphatic carbocycles. The van der Waals surface area contributed by atoms with E-state index < -0.39 is 0 Å². The van der Waals surface area contributed by atoms with Crippen LogP contribution in [-0.2, 0) is 16.1 Å². The number of nitriles is 1. The first-order valence-electron chi connectivity index (χ1n) is 7.83. The van der Waals surface area contributed by atoms with Gasteiger partial charge < -0.3 is 14.4 Å². The number of carbonyl (C=O) groups is 1. The standard InChI is InChI=1S/C19H18N2O3/c20-12-16-7-4-8-17(11-16)18-13-21(9-10-23-18)19(22)24-14-15-5-2-1-3-6-15/h1-8,11,18H,9-10,13-14H2. The Morgan fingerprint density at radius 3 is 2.88 bits per heavy atom. The van der Waals surface area contributed by atoms with Gasteiger partial charge in [0.1, 0.15) is 12.7 Å². The molecule has 5 nitrogen and oxygen atoms in total. The third-order valence-electron chi connectivity index (χ3n) is 3.92. The van der Waals surface area contributed by atoms with Crippen LogP contribution in [0.15, 0.2) is 54.6 Å². The van der Waals surface area contributed by atoms with E-state index in [0.29, 0.717) is 25.3 Å². The Balaban J connectivity index is 1.60. The molecule has 0 spiro atoms. The molecule has 5 heteroatoms. The molecule has 0 N–H and O–H groups in total. The molecule has 1 amide bonds. The van der Waals surface area contributed by atoms with Crippen LogP contribution < -0.4 is 0 Å². The number of hydrogen-bond acceptors (Lipinski definition) is 4. The van der Waals surface area contributed by atoms with E-state index in [-0.39, 0.29) is 18.8 Å². The molecular formula is C19H18N2O3. The molecule has 2 aromatic carbocycles. The van der Waals surface area contributed by atoms with Crippen molar-refractivity contribution >= 4 is 6.09 Å². The summed E-state index contributed by atoms with van der Waals surface area (Å²) in [6.07, 6.45) is -0.583. The van der Waals surface area contributed by atoms with E-state index in [1.807, 2.05) is 42.5 Å². The molecule has 1 saturated heterocycles. The van der Waals surface area contributed by atoms with Crippen molar-refractivity contribution in [1.29, 1.82) is 5.26 Å². The van der Waals surface area contributed by atoms with Gasteiger partial charge in [-0.25, -0.2) is 4.79 Å². The lowest BCUT2D eigenvalue weighted by atomic mass is 10.1. The molecule has 1 atom stereocenters. The van der Waals surface area contributed by atoms with E-state index in [4.69, 9.17) is 14.7 Å². The van der Waals surface area contributed by atoms with E-state index in [0.717, 1.165) is 11.1 Å². The molecule has 3 rings (SSSR count). The zero-order valence-electron chi connectivity index (χ0n) is 13.2. The monoisotopic (exact) mass is 322 g/mol. The summed E-state index contributed by atoms with van der Waals surface area (Å²) >= 11 is 0. The summed E-state index contributed by atoms with van der Waals surface area (Å²) in [5.74, 6) is 0. The molecule has 1 fully saturated rings. The third kappa shape index (κ3) is 3.92. The van der Waals surface area contributed by atoms with Crippen molar-refractivity contribution < 1.29 is 14.3 Å². The maximum Gasteiger partial charge on any atom is 0.410 e. The van der Waals surface area contributed by atoms with E-state index in [9.17, 15) is 4.79 Å². The Morgan fingerprint density at radius 2 is 2.08 bits per heavy atom.